The average molecular weight is 263 g/mol. The summed E-state index contributed by atoms with van der Waals surface area (Å²) in [6.07, 6.45) is 2.77. The van der Waals surface area contributed by atoms with Crippen molar-refractivity contribution < 1.29 is 15.0 Å². The van der Waals surface area contributed by atoms with Crippen molar-refractivity contribution in [1.29, 1.82) is 0 Å². The Balaban J connectivity index is 3.27. The number of hydrogen-bond donors (Lipinski definition) is 3. The van der Waals surface area contributed by atoms with Crippen LogP contribution in [-0.4, -0.2) is 21.7 Å². The normalized spacial score (nSPS) is 13.8. The van der Waals surface area contributed by atoms with Crippen molar-refractivity contribution in [1.82, 2.24) is 0 Å². The van der Waals surface area contributed by atoms with Gasteiger partial charge in [-0.1, -0.05) is 26.0 Å². The molecule has 0 aliphatic rings. The number of carboxylic acid groups (broad SMARTS) is 1. The second-order valence-electron chi connectivity index (χ2n) is 4.69. The zero-order valence-electron chi connectivity index (χ0n) is 11.4. The van der Waals surface area contributed by atoms with E-state index in [2.05, 4.69) is 6.58 Å². The molecule has 0 aromatic heterocycles. The molecule has 0 aliphatic heterocycles. The maximum Gasteiger partial charge on any atom is 0.328 e. The van der Waals surface area contributed by atoms with E-state index in [-0.39, 0.29) is 12.2 Å². The zero-order chi connectivity index (χ0) is 14.6. The molecule has 0 spiro atoms. The lowest BCUT2D eigenvalue weighted by Crippen LogP contribution is -2.48. The fourth-order valence-corrected chi connectivity index (χ4v) is 2.03. The summed E-state index contributed by atoms with van der Waals surface area (Å²) in [6.45, 7) is 7.45. The van der Waals surface area contributed by atoms with Crippen LogP contribution in [0.25, 0.3) is 0 Å². The molecule has 0 heterocycles. The first kappa shape index (κ1) is 15.2. The van der Waals surface area contributed by atoms with Gasteiger partial charge < -0.3 is 15.9 Å². The van der Waals surface area contributed by atoms with Crippen molar-refractivity contribution >= 4 is 5.97 Å². The summed E-state index contributed by atoms with van der Waals surface area (Å²) in [7, 11) is 0. The quantitative estimate of drug-likeness (QED) is 0.686. The van der Waals surface area contributed by atoms with Crippen LogP contribution in [-0.2, 0) is 24.1 Å². The number of phenols is 1. The molecule has 4 N–H and O–H groups in total. The molecule has 1 aromatic rings. The van der Waals surface area contributed by atoms with Gasteiger partial charge in [0.2, 0.25) is 0 Å². The second kappa shape index (κ2) is 5.89. The Labute approximate surface area is 113 Å². The molecule has 0 saturated carbocycles. The Hall–Kier alpha value is -1.81. The smallest absolute Gasteiger partial charge is 0.328 e. The predicted molar refractivity (Wildman–Crippen MR) is 75.3 cm³/mol. The molecule has 1 rings (SSSR count). The standard InChI is InChI=1S/C15H21NO3/c1-4-10-7-11(5-2)12(13(17)8-10)9-15(16,6-3)14(18)19/h6-8,17H,3-5,9,16H2,1-2H3,(H,18,19). The molecule has 0 saturated heterocycles. The maximum absolute atomic E-state index is 11.2. The van der Waals surface area contributed by atoms with Crippen molar-refractivity contribution in [2.24, 2.45) is 5.73 Å². The van der Waals surface area contributed by atoms with Gasteiger partial charge in [0.1, 0.15) is 11.3 Å². The summed E-state index contributed by atoms with van der Waals surface area (Å²) < 4.78 is 0. The summed E-state index contributed by atoms with van der Waals surface area (Å²) >= 11 is 0. The number of carbonyl (C=O) groups is 1. The molecule has 0 radical (unpaired) electrons. The third-order valence-electron chi connectivity index (χ3n) is 3.40. The van der Waals surface area contributed by atoms with E-state index in [1.807, 2.05) is 19.9 Å². The van der Waals surface area contributed by atoms with Crippen LogP contribution in [0.5, 0.6) is 5.75 Å². The van der Waals surface area contributed by atoms with Gasteiger partial charge in [-0.3, -0.25) is 0 Å². The van der Waals surface area contributed by atoms with E-state index in [0.717, 1.165) is 17.5 Å². The molecule has 0 amide bonds. The summed E-state index contributed by atoms with van der Waals surface area (Å²) in [5.41, 5.74) is 6.78. The molecular formula is C15H21NO3. The van der Waals surface area contributed by atoms with Crippen molar-refractivity contribution in [3.8, 4) is 5.75 Å². The molecule has 19 heavy (non-hydrogen) atoms. The van der Waals surface area contributed by atoms with Gasteiger partial charge >= 0.3 is 5.97 Å². The zero-order valence-corrected chi connectivity index (χ0v) is 11.4. The second-order valence-corrected chi connectivity index (χ2v) is 4.69. The molecule has 0 fully saturated rings. The highest BCUT2D eigenvalue weighted by atomic mass is 16.4. The SMILES string of the molecule is C=CC(N)(Cc1c(O)cc(CC)cc1CC)C(=O)O. The largest absolute Gasteiger partial charge is 0.508 e. The number of rotatable bonds is 6. The van der Waals surface area contributed by atoms with Gasteiger partial charge in [0.25, 0.3) is 0 Å². The number of hydrogen-bond acceptors (Lipinski definition) is 3. The molecular weight excluding hydrogens is 242 g/mol. The lowest BCUT2D eigenvalue weighted by molar-refractivity contribution is -0.141. The lowest BCUT2D eigenvalue weighted by atomic mass is 9.87. The Morgan fingerprint density at radius 2 is 2.05 bits per heavy atom. The van der Waals surface area contributed by atoms with Crippen molar-refractivity contribution in [2.75, 3.05) is 0 Å². The third-order valence-corrected chi connectivity index (χ3v) is 3.40. The first-order valence-electron chi connectivity index (χ1n) is 6.37. The predicted octanol–water partition coefficient (Wildman–Crippen LogP) is 2.03. The first-order chi connectivity index (χ1) is 8.87. The minimum atomic E-state index is -1.56. The number of carboxylic acids is 1. The third kappa shape index (κ3) is 3.15. The summed E-state index contributed by atoms with van der Waals surface area (Å²) in [6, 6.07) is 3.65. The van der Waals surface area contributed by atoms with Gasteiger partial charge in [0.15, 0.2) is 0 Å². The minimum Gasteiger partial charge on any atom is -0.508 e. The lowest BCUT2D eigenvalue weighted by Gasteiger charge is -2.23. The minimum absolute atomic E-state index is 0.0326. The van der Waals surface area contributed by atoms with E-state index in [1.54, 1.807) is 6.07 Å². The molecule has 1 unspecified atom stereocenters. The molecule has 1 atom stereocenters. The van der Waals surface area contributed by atoms with E-state index in [4.69, 9.17) is 5.73 Å². The van der Waals surface area contributed by atoms with Crippen LogP contribution in [0.2, 0.25) is 0 Å². The summed E-state index contributed by atoms with van der Waals surface area (Å²) in [5.74, 6) is -1.04. The van der Waals surface area contributed by atoms with Crippen molar-refractivity contribution in [3.05, 3.63) is 41.5 Å². The molecule has 0 aliphatic carbocycles. The van der Waals surface area contributed by atoms with Crippen LogP contribution in [0.1, 0.15) is 30.5 Å². The van der Waals surface area contributed by atoms with Crippen LogP contribution in [0.15, 0.2) is 24.8 Å². The number of phenolic OH excluding ortho intramolecular Hbond substituents is 1. The van der Waals surface area contributed by atoms with Gasteiger partial charge in [-0.15, -0.1) is 6.58 Å². The number of aryl methyl sites for hydroxylation is 2. The van der Waals surface area contributed by atoms with Crippen LogP contribution in [0.4, 0.5) is 0 Å². The molecule has 4 heteroatoms. The van der Waals surface area contributed by atoms with Crippen molar-refractivity contribution in [2.45, 2.75) is 38.6 Å². The highest BCUT2D eigenvalue weighted by Crippen LogP contribution is 2.28. The van der Waals surface area contributed by atoms with E-state index in [0.29, 0.717) is 12.0 Å². The van der Waals surface area contributed by atoms with E-state index in [9.17, 15) is 15.0 Å². The first-order valence-corrected chi connectivity index (χ1v) is 6.37. The summed E-state index contributed by atoms with van der Waals surface area (Å²) in [4.78, 5) is 11.2. The Morgan fingerprint density at radius 1 is 1.42 bits per heavy atom. The van der Waals surface area contributed by atoms with Gasteiger partial charge in [-0.25, -0.2) is 4.79 Å². The monoisotopic (exact) mass is 263 g/mol. The highest BCUT2D eigenvalue weighted by molar-refractivity contribution is 5.81. The van der Waals surface area contributed by atoms with Crippen LogP contribution in [0.3, 0.4) is 0 Å². The Kier molecular flexibility index (Phi) is 4.72. The molecule has 0 bridgehead atoms. The number of benzene rings is 1. The molecule has 4 nitrogen and oxygen atoms in total. The molecule has 104 valence electrons. The van der Waals surface area contributed by atoms with E-state index < -0.39 is 11.5 Å². The Bertz CT molecular complexity index is 496. The number of nitrogens with two attached hydrogens (primary N) is 1. The average Bonchev–Trinajstić information content (AvgIpc) is 2.40. The fourth-order valence-electron chi connectivity index (χ4n) is 2.03. The Morgan fingerprint density at radius 3 is 2.47 bits per heavy atom. The van der Waals surface area contributed by atoms with Crippen LogP contribution >= 0.6 is 0 Å². The van der Waals surface area contributed by atoms with Crippen LogP contribution < -0.4 is 5.73 Å². The van der Waals surface area contributed by atoms with Gasteiger partial charge in [0.05, 0.1) is 0 Å². The van der Waals surface area contributed by atoms with Crippen LogP contribution in [0, 0.1) is 0 Å². The topological polar surface area (TPSA) is 83.5 Å². The van der Waals surface area contributed by atoms with Gasteiger partial charge in [-0.2, -0.15) is 0 Å². The van der Waals surface area contributed by atoms with Gasteiger partial charge in [-0.05, 0) is 35.6 Å². The fraction of sp³-hybridized carbons (Fsp3) is 0.400. The van der Waals surface area contributed by atoms with E-state index in [1.165, 1.54) is 6.08 Å². The van der Waals surface area contributed by atoms with E-state index >= 15 is 0 Å². The summed E-state index contributed by atoms with van der Waals surface area (Å²) in [5, 5.41) is 19.3. The number of aromatic hydroxyl groups is 1. The van der Waals surface area contributed by atoms with Crippen molar-refractivity contribution in [3.63, 3.8) is 0 Å². The van der Waals surface area contributed by atoms with Gasteiger partial charge in [0, 0.05) is 6.42 Å². The maximum atomic E-state index is 11.2. The highest BCUT2D eigenvalue weighted by Gasteiger charge is 2.32. The molecule has 1 aromatic carbocycles. The number of aliphatic carboxylic acids is 1.